The molecule has 0 saturated heterocycles. The van der Waals surface area contributed by atoms with Crippen molar-refractivity contribution < 1.29 is 14.0 Å². The number of aromatic nitrogens is 1. The van der Waals surface area contributed by atoms with Crippen LogP contribution in [0.25, 0.3) is 10.8 Å². The van der Waals surface area contributed by atoms with E-state index in [0.717, 1.165) is 30.6 Å². The Hall–Kier alpha value is -2.64. The summed E-state index contributed by atoms with van der Waals surface area (Å²) in [7, 11) is 0. The highest BCUT2D eigenvalue weighted by Gasteiger charge is 2.20. The summed E-state index contributed by atoms with van der Waals surface area (Å²) in [6.07, 6.45) is 5.53. The molecule has 8 heteroatoms. The fraction of sp³-hybridized carbons (Fsp3) is 0.348. The van der Waals surface area contributed by atoms with Gasteiger partial charge in [0, 0.05) is 11.7 Å². The summed E-state index contributed by atoms with van der Waals surface area (Å²) in [6, 6.07) is 8.96. The Labute approximate surface area is 190 Å². The predicted molar refractivity (Wildman–Crippen MR) is 123 cm³/mol. The van der Waals surface area contributed by atoms with Gasteiger partial charge in [0.1, 0.15) is 5.76 Å². The Balaban J connectivity index is 1.41. The minimum Gasteiger partial charge on any atom is -0.440 e. The van der Waals surface area contributed by atoms with Crippen molar-refractivity contribution in [3.8, 4) is 10.8 Å². The number of carbonyl (C=O) groups is 2. The molecule has 1 fully saturated rings. The molecule has 6 nitrogen and oxygen atoms in total. The molecule has 1 aliphatic carbocycles. The van der Waals surface area contributed by atoms with Gasteiger partial charge in [-0.2, -0.15) is 0 Å². The fourth-order valence-electron chi connectivity index (χ4n) is 3.74. The maximum absolute atomic E-state index is 12.7. The number of thiophene rings is 1. The summed E-state index contributed by atoms with van der Waals surface area (Å²) >= 11 is 7.78. The van der Waals surface area contributed by atoms with E-state index in [-0.39, 0.29) is 24.3 Å². The lowest BCUT2D eigenvalue weighted by Gasteiger charge is -2.23. The maximum Gasteiger partial charge on any atom is 0.253 e. The molecule has 1 aromatic carbocycles. The summed E-state index contributed by atoms with van der Waals surface area (Å²) in [5, 5.41) is 8.20. The van der Waals surface area contributed by atoms with Crippen LogP contribution < -0.4 is 10.6 Å². The first-order valence-corrected chi connectivity index (χ1v) is 11.7. The van der Waals surface area contributed by atoms with Crippen LogP contribution >= 0.6 is 22.9 Å². The molecule has 162 valence electrons. The van der Waals surface area contributed by atoms with E-state index in [0.29, 0.717) is 33.6 Å². The van der Waals surface area contributed by atoms with Crippen LogP contribution in [-0.2, 0) is 11.2 Å². The number of hydrogen-bond donors (Lipinski definition) is 2. The molecule has 3 aromatic rings. The SMILES string of the molecule is Cc1oc(-c2cccs2)nc1CC(=O)Nc1ccc(Cl)c(C(=O)NC2CCCCC2)c1. The van der Waals surface area contributed by atoms with Crippen molar-refractivity contribution in [1.82, 2.24) is 10.3 Å². The molecule has 0 aliphatic heterocycles. The summed E-state index contributed by atoms with van der Waals surface area (Å²) in [5.41, 5.74) is 1.47. The second-order valence-electron chi connectivity index (χ2n) is 7.73. The number of carbonyl (C=O) groups excluding carboxylic acids is 2. The number of oxazole rings is 1. The van der Waals surface area contributed by atoms with E-state index in [1.807, 2.05) is 17.5 Å². The van der Waals surface area contributed by atoms with Gasteiger partial charge in [-0.3, -0.25) is 9.59 Å². The molecule has 0 unspecified atom stereocenters. The summed E-state index contributed by atoms with van der Waals surface area (Å²) in [4.78, 5) is 30.7. The van der Waals surface area contributed by atoms with Crippen LogP contribution in [0.3, 0.4) is 0 Å². The average Bonchev–Trinajstić information content (AvgIpc) is 3.40. The first-order chi connectivity index (χ1) is 15.0. The highest BCUT2D eigenvalue weighted by atomic mass is 35.5. The van der Waals surface area contributed by atoms with E-state index >= 15 is 0 Å². The number of anilines is 1. The molecule has 31 heavy (non-hydrogen) atoms. The zero-order valence-corrected chi connectivity index (χ0v) is 18.8. The van der Waals surface area contributed by atoms with Gasteiger partial charge < -0.3 is 15.1 Å². The van der Waals surface area contributed by atoms with Gasteiger partial charge in [-0.25, -0.2) is 4.98 Å². The number of hydrogen-bond acceptors (Lipinski definition) is 5. The number of halogens is 1. The van der Waals surface area contributed by atoms with Crippen molar-refractivity contribution in [2.45, 2.75) is 51.5 Å². The zero-order valence-electron chi connectivity index (χ0n) is 17.2. The molecule has 0 spiro atoms. The third kappa shape index (κ3) is 5.35. The van der Waals surface area contributed by atoms with Crippen LogP contribution in [0.1, 0.15) is 53.9 Å². The van der Waals surface area contributed by atoms with E-state index < -0.39 is 0 Å². The topological polar surface area (TPSA) is 84.2 Å². The van der Waals surface area contributed by atoms with Crippen LogP contribution in [0.15, 0.2) is 40.1 Å². The molecular formula is C23H24ClN3O3S. The Kier molecular flexibility index (Phi) is 6.73. The molecule has 1 saturated carbocycles. The molecule has 2 aromatic heterocycles. The van der Waals surface area contributed by atoms with Gasteiger partial charge in [0.05, 0.1) is 27.6 Å². The predicted octanol–water partition coefficient (Wildman–Crippen LogP) is 5.61. The van der Waals surface area contributed by atoms with E-state index in [2.05, 4.69) is 15.6 Å². The number of benzene rings is 1. The lowest BCUT2D eigenvalue weighted by Crippen LogP contribution is -2.36. The maximum atomic E-state index is 12.7. The van der Waals surface area contributed by atoms with Gasteiger partial charge in [0.15, 0.2) is 0 Å². The number of nitrogens with one attached hydrogen (secondary N) is 2. The van der Waals surface area contributed by atoms with Crippen LogP contribution in [0.4, 0.5) is 5.69 Å². The quantitative estimate of drug-likeness (QED) is 0.504. The molecular weight excluding hydrogens is 434 g/mol. The van der Waals surface area contributed by atoms with Gasteiger partial charge in [-0.1, -0.05) is 36.9 Å². The Morgan fingerprint density at radius 1 is 1.23 bits per heavy atom. The van der Waals surface area contributed by atoms with Crippen LogP contribution in [0, 0.1) is 6.92 Å². The third-order valence-corrected chi connectivity index (χ3v) is 6.58. The second-order valence-corrected chi connectivity index (χ2v) is 9.08. The lowest BCUT2D eigenvalue weighted by molar-refractivity contribution is -0.115. The molecule has 4 rings (SSSR count). The van der Waals surface area contributed by atoms with Crippen LogP contribution in [0.2, 0.25) is 5.02 Å². The van der Waals surface area contributed by atoms with E-state index in [1.165, 1.54) is 17.8 Å². The van der Waals surface area contributed by atoms with Crippen molar-refractivity contribution >= 4 is 40.4 Å². The standard InChI is InChI=1S/C23H24ClN3O3S/c1-14-19(27-23(30-14)20-8-5-11-31-20)13-21(28)25-16-9-10-18(24)17(12-16)22(29)26-15-6-3-2-4-7-15/h5,8-12,15H,2-4,6-7,13H2,1H3,(H,25,28)(H,26,29). The Bertz CT molecular complexity index is 1070. The first kappa shape index (κ1) is 21.6. The first-order valence-electron chi connectivity index (χ1n) is 10.4. The zero-order chi connectivity index (χ0) is 21.8. The van der Waals surface area contributed by atoms with Crippen molar-refractivity contribution in [2.75, 3.05) is 5.32 Å². The third-order valence-electron chi connectivity index (χ3n) is 5.39. The van der Waals surface area contributed by atoms with E-state index in [9.17, 15) is 9.59 Å². The largest absolute Gasteiger partial charge is 0.440 e. The molecule has 1 aliphatic rings. The smallest absolute Gasteiger partial charge is 0.253 e. The molecule has 0 bridgehead atoms. The van der Waals surface area contributed by atoms with Gasteiger partial charge in [0.2, 0.25) is 11.8 Å². The average molecular weight is 458 g/mol. The summed E-state index contributed by atoms with van der Waals surface area (Å²) in [6.45, 7) is 1.79. The van der Waals surface area contributed by atoms with Crippen LogP contribution in [-0.4, -0.2) is 22.8 Å². The van der Waals surface area contributed by atoms with Crippen LogP contribution in [0.5, 0.6) is 0 Å². The van der Waals surface area contributed by atoms with E-state index in [1.54, 1.807) is 25.1 Å². The lowest BCUT2D eigenvalue weighted by atomic mass is 9.95. The van der Waals surface area contributed by atoms with Crippen molar-refractivity contribution in [3.63, 3.8) is 0 Å². The van der Waals surface area contributed by atoms with E-state index in [4.69, 9.17) is 16.0 Å². The Morgan fingerprint density at radius 3 is 2.77 bits per heavy atom. The molecule has 0 atom stereocenters. The number of nitrogens with zero attached hydrogens (tertiary/aromatic N) is 1. The minimum atomic E-state index is -0.241. The van der Waals surface area contributed by atoms with Crippen molar-refractivity contribution in [1.29, 1.82) is 0 Å². The van der Waals surface area contributed by atoms with Crippen molar-refractivity contribution in [2.24, 2.45) is 0 Å². The summed E-state index contributed by atoms with van der Waals surface area (Å²) in [5.74, 6) is 0.682. The highest BCUT2D eigenvalue weighted by Crippen LogP contribution is 2.27. The van der Waals surface area contributed by atoms with Gasteiger partial charge in [-0.05, 0) is 49.4 Å². The normalized spacial score (nSPS) is 14.4. The number of amides is 2. The van der Waals surface area contributed by atoms with Gasteiger partial charge >= 0.3 is 0 Å². The molecule has 2 N–H and O–H groups in total. The van der Waals surface area contributed by atoms with Gasteiger partial charge in [-0.15, -0.1) is 11.3 Å². The van der Waals surface area contributed by atoms with Gasteiger partial charge in [0.25, 0.3) is 5.91 Å². The molecule has 2 heterocycles. The number of rotatable bonds is 6. The van der Waals surface area contributed by atoms with Crippen molar-refractivity contribution in [3.05, 3.63) is 57.8 Å². The summed E-state index contributed by atoms with van der Waals surface area (Å²) < 4.78 is 5.70. The Morgan fingerprint density at radius 2 is 2.03 bits per heavy atom. The monoisotopic (exact) mass is 457 g/mol. The molecule has 2 amide bonds. The fourth-order valence-corrected chi connectivity index (χ4v) is 4.59. The minimum absolute atomic E-state index is 0.0763. The second kappa shape index (κ2) is 9.66. The number of aryl methyl sites for hydroxylation is 1. The molecule has 0 radical (unpaired) electrons. The highest BCUT2D eigenvalue weighted by molar-refractivity contribution is 7.13.